The Hall–Kier alpha value is -0.830. The molecule has 1 saturated heterocycles. The summed E-state index contributed by atoms with van der Waals surface area (Å²) in [5.41, 5.74) is 0. The summed E-state index contributed by atoms with van der Waals surface area (Å²) in [5, 5.41) is 46.9. The number of rotatable bonds is 3. The van der Waals surface area contributed by atoms with Crippen LogP contribution in [-0.4, -0.2) is 68.1 Å². The van der Waals surface area contributed by atoms with Crippen LogP contribution in [0.4, 0.5) is 0 Å². The van der Waals surface area contributed by atoms with Crippen molar-refractivity contribution in [1.82, 2.24) is 0 Å². The summed E-state index contributed by atoms with van der Waals surface area (Å²) in [7, 11) is 0. The lowest BCUT2D eigenvalue weighted by atomic mass is 9.93. The normalized spacial score (nSPS) is 40.5. The number of hydrogen-bond donors (Lipinski definition) is 5. The summed E-state index contributed by atoms with van der Waals surface area (Å²) < 4.78 is 4.70. The molecule has 0 spiro atoms. The van der Waals surface area contributed by atoms with Crippen LogP contribution in [-0.2, 0) is 9.53 Å². The predicted molar refractivity (Wildman–Crippen MR) is 54.7 cm³/mol. The molecule has 0 aromatic heterocycles. The highest BCUT2D eigenvalue weighted by Crippen LogP contribution is 2.22. The first kappa shape index (κ1) is 14.2. The van der Waals surface area contributed by atoms with Crippen LogP contribution < -0.4 is 0 Å². The Morgan fingerprint density at radius 3 is 2.29 bits per heavy atom. The number of aliphatic hydroxyl groups excluding tert-OH is 5. The van der Waals surface area contributed by atoms with Gasteiger partial charge in [-0.05, 0) is 13.0 Å². The third-order valence-electron chi connectivity index (χ3n) is 2.56. The lowest BCUT2D eigenvalue weighted by Crippen LogP contribution is -2.61. The number of carbonyl (C=O) groups excluding carboxylic acids is 1. The van der Waals surface area contributed by atoms with Gasteiger partial charge in [0.05, 0.1) is 0 Å². The molecule has 0 bridgehead atoms. The highest BCUT2D eigenvalue weighted by Gasteiger charge is 2.47. The monoisotopic (exact) mass is 248 g/mol. The van der Waals surface area contributed by atoms with Gasteiger partial charge in [0.1, 0.15) is 30.5 Å². The second kappa shape index (κ2) is 5.67. The molecule has 0 radical (unpaired) electrons. The maximum atomic E-state index is 11.3. The molecule has 1 heterocycles. The zero-order chi connectivity index (χ0) is 13.2. The smallest absolute Gasteiger partial charge is 0.186 e. The molecule has 1 aliphatic rings. The molecule has 1 rings (SSSR count). The van der Waals surface area contributed by atoms with E-state index in [0.717, 1.165) is 6.08 Å². The highest BCUT2D eigenvalue weighted by molar-refractivity contribution is 5.93. The Kier molecular flexibility index (Phi) is 4.75. The minimum Gasteiger partial charge on any atom is -0.387 e. The van der Waals surface area contributed by atoms with Gasteiger partial charge in [0.25, 0.3) is 0 Å². The van der Waals surface area contributed by atoms with Crippen molar-refractivity contribution in [3.63, 3.8) is 0 Å². The fraction of sp³-hybridized carbons (Fsp3) is 0.700. The van der Waals surface area contributed by atoms with Crippen LogP contribution in [0, 0.1) is 0 Å². The van der Waals surface area contributed by atoms with Crippen molar-refractivity contribution >= 4 is 5.78 Å². The number of carbonyl (C=O) groups is 1. The maximum absolute atomic E-state index is 11.3. The fourth-order valence-electron chi connectivity index (χ4n) is 1.57. The van der Waals surface area contributed by atoms with E-state index in [0.29, 0.717) is 0 Å². The van der Waals surface area contributed by atoms with Gasteiger partial charge in [-0.15, -0.1) is 0 Å². The first-order valence-corrected chi connectivity index (χ1v) is 5.12. The Labute approximate surface area is 97.6 Å². The molecule has 2 unspecified atom stereocenters. The van der Waals surface area contributed by atoms with Crippen LogP contribution in [0.5, 0.6) is 0 Å². The van der Waals surface area contributed by atoms with Gasteiger partial charge in [0.15, 0.2) is 12.1 Å². The van der Waals surface area contributed by atoms with E-state index in [-0.39, 0.29) is 0 Å². The lowest BCUT2D eigenvalue weighted by Gasteiger charge is -2.39. The maximum Gasteiger partial charge on any atom is 0.186 e. The van der Waals surface area contributed by atoms with Crippen LogP contribution in [0.3, 0.4) is 0 Å². The molecule has 7 nitrogen and oxygen atoms in total. The molecule has 7 heteroatoms. The van der Waals surface area contributed by atoms with Gasteiger partial charge < -0.3 is 30.3 Å². The number of ether oxygens (including phenoxy) is 1. The fourth-order valence-corrected chi connectivity index (χ4v) is 1.57. The van der Waals surface area contributed by atoms with Gasteiger partial charge in [-0.2, -0.15) is 0 Å². The van der Waals surface area contributed by atoms with E-state index >= 15 is 0 Å². The Morgan fingerprint density at radius 1 is 1.18 bits per heavy atom. The highest BCUT2D eigenvalue weighted by atomic mass is 16.6. The molecule has 5 N–H and O–H groups in total. The van der Waals surface area contributed by atoms with E-state index in [9.17, 15) is 30.3 Å². The molecule has 1 aliphatic heterocycles. The molecule has 0 aromatic rings. The van der Waals surface area contributed by atoms with Crippen LogP contribution in [0.15, 0.2) is 12.2 Å². The van der Waals surface area contributed by atoms with Gasteiger partial charge in [0.2, 0.25) is 0 Å². The van der Waals surface area contributed by atoms with Crippen LogP contribution in [0.2, 0.25) is 0 Å². The predicted octanol–water partition coefficient (Wildman–Crippen LogP) is -2.71. The van der Waals surface area contributed by atoms with Crippen molar-refractivity contribution in [3.05, 3.63) is 12.2 Å². The molecule has 98 valence electrons. The topological polar surface area (TPSA) is 127 Å². The van der Waals surface area contributed by atoms with Gasteiger partial charge in [-0.1, -0.05) is 6.08 Å². The summed E-state index contributed by atoms with van der Waals surface area (Å²) >= 11 is 0. The van der Waals surface area contributed by atoms with Crippen LogP contribution in [0.1, 0.15) is 6.92 Å². The molecule has 6 atom stereocenters. The minimum atomic E-state index is -1.77. The van der Waals surface area contributed by atoms with E-state index in [4.69, 9.17) is 4.74 Å². The van der Waals surface area contributed by atoms with Crippen molar-refractivity contribution < 1.29 is 35.1 Å². The van der Waals surface area contributed by atoms with Crippen LogP contribution >= 0.6 is 0 Å². The summed E-state index contributed by atoms with van der Waals surface area (Å²) in [6.45, 7) is 1.57. The standard InChI is InChI=1S/C10H16O7/c1-2-3-4(11)5(12)9-7(14)6(13)8(15)10(16)17-9/h2-3,5-10,12-16H,1H3/t5?,6-,7+,8+,9+,10?/m0/s1. The summed E-state index contributed by atoms with van der Waals surface area (Å²) in [6, 6.07) is 0. The Bertz CT molecular complexity index is 303. The molecule has 0 aliphatic carbocycles. The zero-order valence-corrected chi connectivity index (χ0v) is 9.17. The summed E-state index contributed by atoms with van der Waals surface area (Å²) in [6.07, 6.45) is -7.58. The minimum absolute atomic E-state index is 0.729. The van der Waals surface area contributed by atoms with Crippen molar-refractivity contribution in [1.29, 1.82) is 0 Å². The largest absolute Gasteiger partial charge is 0.387 e. The quantitative estimate of drug-likeness (QED) is 0.344. The second-order valence-electron chi connectivity index (χ2n) is 3.81. The average Bonchev–Trinajstić information content (AvgIpc) is 2.30. The number of hydrogen-bond acceptors (Lipinski definition) is 7. The van der Waals surface area contributed by atoms with Gasteiger partial charge in [-0.3, -0.25) is 4.79 Å². The molecule has 0 amide bonds. The van der Waals surface area contributed by atoms with E-state index in [1.54, 1.807) is 6.92 Å². The molecule has 0 saturated carbocycles. The third-order valence-corrected chi connectivity index (χ3v) is 2.56. The SMILES string of the molecule is CC=CC(=O)C(O)[C@H]1OC(O)[C@H](O)[C@@H](O)[C@H]1O. The first-order chi connectivity index (χ1) is 7.90. The molecular formula is C10H16O7. The zero-order valence-electron chi connectivity index (χ0n) is 9.17. The lowest BCUT2D eigenvalue weighted by molar-refractivity contribution is -0.293. The molecular weight excluding hydrogens is 232 g/mol. The molecule has 17 heavy (non-hydrogen) atoms. The van der Waals surface area contributed by atoms with Crippen LogP contribution in [0.25, 0.3) is 0 Å². The molecule has 1 fully saturated rings. The van der Waals surface area contributed by atoms with Gasteiger partial charge in [-0.25, -0.2) is 0 Å². The number of ketones is 1. The van der Waals surface area contributed by atoms with Gasteiger partial charge in [0, 0.05) is 0 Å². The summed E-state index contributed by atoms with van der Waals surface area (Å²) in [4.78, 5) is 11.3. The van der Waals surface area contributed by atoms with E-state index in [1.165, 1.54) is 6.08 Å². The van der Waals surface area contributed by atoms with Crippen molar-refractivity contribution in [2.75, 3.05) is 0 Å². The van der Waals surface area contributed by atoms with Gasteiger partial charge >= 0.3 is 0 Å². The second-order valence-corrected chi connectivity index (χ2v) is 3.81. The molecule has 0 aromatic carbocycles. The van der Waals surface area contributed by atoms with E-state index < -0.39 is 42.6 Å². The van der Waals surface area contributed by atoms with E-state index in [2.05, 4.69) is 0 Å². The Morgan fingerprint density at radius 2 is 1.76 bits per heavy atom. The Balaban J connectivity index is 2.80. The number of allylic oxidation sites excluding steroid dienone is 1. The van der Waals surface area contributed by atoms with Crippen molar-refractivity contribution in [2.45, 2.75) is 43.7 Å². The van der Waals surface area contributed by atoms with Crippen molar-refractivity contribution in [2.24, 2.45) is 0 Å². The summed E-state index contributed by atoms with van der Waals surface area (Å²) in [5.74, 6) is -0.729. The van der Waals surface area contributed by atoms with E-state index in [1.807, 2.05) is 0 Å². The number of aliphatic hydroxyl groups is 5. The van der Waals surface area contributed by atoms with Crippen molar-refractivity contribution in [3.8, 4) is 0 Å². The third kappa shape index (κ3) is 2.89. The average molecular weight is 248 g/mol. The first-order valence-electron chi connectivity index (χ1n) is 5.12.